The van der Waals surface area contributed by atoms with Crippen molar-refractivity contribution in [3.05, 3.63) is 36.4 Å². The first-order valence-electron chi connectivity index (χ1n) is 7.26. The van der Waals surface area contributed by atoms with Crippen molar-refractivity contribution in [3.63, 3.8) is 0 Å². The molecule has 1 saturated heterocycles. The highest BCUT2D eigenvalue weighted by molar-refractivity contribution is 7.89. The van der Waals surface area contributed by atoms with Gasteiger partial charge in [0.15, 0.2) is 0 Å². The van der Waals surface area contributed by atoms with Crippen LogP contribution in [0.5, 0.6) is 0 Å². The molecule has 0 bridgehead atoms. The fourth-order valence-corrected chi connectivity index (χ4v) is 3.66. The van der Waals surface area contributed by atoms with Gasteiger partial charge in [0.25, 0.3) is 0 Å². The summed E-state index contributed by atoms with van der Waals surface area (Å²) >= 11 is 0. The van der Waals surface area contributed by atoms with Crippen LogP contribution in [0.1, 0.15) is 10.4 Å². The Morgan fingerprint density at radius 2 is 1.96 bits per heavy atom. The van der Waals surface area contributed by atoms with Crippen LogP contribution in [0.2, 0.25) is 0 Å². The molecule has 0 aliphatic carbocycles. The molecular formula is C15H22ClN3O4S. The van der Waals surface area contributed by atoms with E-state index in [-0.39, 0.29) is 29.4 Å². The summed E-state index contributed by atoms with van der Waals surface area (Å²) in [6.07, 6.45) is 1.44. The summed E-state index contributed by atoms with van der Waals surface area (Å²) in [5, 5.41) is 9.14. The van der Waals surface area contributed by atoms with Crippen molar-refractivity contribution in [1.82, 2.24) is 9.62 Å². The molecule has 1 aliphatic rings. The van der Waals surface area contributed by atoms with E-state index >= 15 is 0 Å². The van der Waals surface area contributed by atoms with Gasteiger partial charge in [-0.15, -0.1) is 19.0 Å². The number of carboxylic acid groups (broad SMARTS) is 1. The number of halogens is 1. The zero-order valence-electron chi connectivity index (χ0n) is 13.4. The molecular weight excluding hydrogens is 354 g/mol. The van der Waals surface area contributed by atoms with Gasteiger partial charge in [-0.1, -0.05) is 6.08 Å². The number of hydrogen-bond acceptors (Lipinski definition) is 5. The largest absolute Gasteiger partial charge is 0.478 e. The highest BCUT2D eigenvalue weighted by atomic mass is 35.5. The molecule has 7 nitrogen and oxygen atoms in total. The molecule has 0 aromatic heterocycles. The maximum absolute atomic E-state index is 12.5. The number of benzene rings is 1. The molecule has 0 radical (unpaired) electrons. The van der Waals surface area contributed by atoms with Crippen LogP contribution in [-0.4, -0.2) is 64.2 Å². The van der Waals surface area contributed by atoms with E-state index in [9.17, 15) is 13.2 Å². The first-order chi connectivity index (χ1) is 10.8. The van der Waals surface area contributed by atoms with Gasteiger partial charge < -0.3 is 14.9 Å². The molecule has 0 spiro atoms. The zero-order valence-corrected chi connectivity index (χ0v) is 15.1. The summed E-state index contributed by atoms with van der Waals surface area (Å²) in [7, 11) is -1.80. The van der Waals surface area contributed by atoms with Crippen molar-refractivity contribution < 1.29 is 18.3 Å². The predicted molar refractivity (Wildman–Crippen MR) is 95.7 cm³/mol. The van der Waals surface area contributed by atoms with Crippen molar-refractivity contribution >= 4 is 34.1 Å². The van der Waals surface area contributed by atoms with E-state index in [1.54, 1.807) is 6.07 Å². The molecule has 1 heterocycles. The quantitative estimate of drug-likeness (QED) is 0.721. The van der Waals surface area contributed by atoms with Gasteiger partial charge in [0, 0.05) is 32.7 Å². The van der Waals surface area contributed by atoms with E-state index in [2.05, 4.69) is 16.2 Å². The molecule has 0 unspecified atom stereocenters. The van der Waals surface area contributed by atoms with Gasteiger partial charge in [0.05, 0.1) is 11.3 Å². The summed E-state index contributed by atoms with van der Waals surface area (Å²) in [6, 6.07) is 4.21. The molecule has 1 aliphatic heterocycles. The highest BCUT2D eigenvalue weighted by Gasteiger charge is 2.25. The number of nitrogens with zero attached hydrogens (tertiary/aromatic N) is 2. The van der Waals surface area contributed by atoms with Crippen LogP contribution in [-0.2, 0) is 10.0 Å². The number of likely N-dealkylation sites (N-methyl/N-ethyl adjacent to an activating group) is 1. The van der Waals surface area contributed by atoms with Crippen molar-refractivity contribution in [2.75, 3.05) is 44.7 Å². The maximum Gasteiger partial charge on any atom is 0.335 e. The highest BCUT2D eigenvalue weighted by Crippen LogP contribution is 2.27. The molecule has 0 saturated carbocycles. The second kappa shape index (κ2) is 8.48. The van der Waals surface area contributed by atoms with E-state index in [4.69, 9.17) is 5.11 Å². The lowest BCUT2D eigenvalue weighted by Crippen LogP contribution is -2.45. The molecule has 9 heteroatoms. The minimum Gasteiger partial charge on any atom is -0.478 e. The Balaban J connectivity index is 0.00000288. The van der Waals surface area contributed by atoms with Gasteiger partial charge in [-0.2, -0.15) is 0 Å². The lowest BCUT2D eigenvalue weighted by Gasteiger charge is -2.35. The normalized spacial score (nSPS) is 15.6. The van der Waals surface area contributed by atoms with Crippen LogP contribution in [0.3, 0.4) is 0 Å². The second-order valence-corrected chi connectivity index (χ2v) is 7.15. The number of aromatic carboxylic acids is 1. The number of carboxylic acids is 1. The minimum atomic E-state index is -3.81. The van der Waals surface area contributed by atoms with Crippen molar-refractivity contribution in [1.29, 1.82) is 0 Å². The monoisotopic (exact) mass is 375 g/mol. The summed E-state index contributed by atoms with van der Waals surface area (Å²) < 4.78 is 27.4. The van der Waals surface area contributed by atoms with Gasteiger partial charge >= 0.3 is 5.97 Å². The topological polar surface area (TPSA) is 89.9 Å². The molecule has 2 rings (SSSR count). The number of rotatable bonds is 6. The van der Waals surface area contributed by atoms with Gasteiger partial charge in [0.1, 0.15) is 4.90 Å². The lowest BCUT2D eigenvalue weighted by atomic mass is 10.2. The smallest absolute Gasteiger partial charge is 0.335 e. The second-order valence-electron chi connectivity index (χ2n) is 5.42. The molecule has 0 amide bonds. The summed E-state index contributed by atoms with van der Waals surface area (Å²) in [5.74, 6) is -1.16. The van der Waals surface area contributed by atoms with Crippen molar-refractivity contribution in [3.8, 4) is 0 Å². The Labute approximate surface area is 148 Å². The molecule has 1 aromatic carbocycles. The van der Waals surface area contributed by atoms with Crippen LogP contribution in [0.25, 0.3) is 0 Å². The Hall–Kier alpha value is -1.61. The third-order valence-corrected chi connectivity index (χ3v) is 5.21. The van der Waals surface area contributed by atoms with E-state index in [1.165, 1.54) is 18.2 Å². The Kier molecular flexibility index (Phi) is 7.22. The molecule has 134 valence electrons. The third kappa shape index (κ3) is 4.70. The Morgan fingerprint density at radius 3 is 2.50 bits per heavy atom. The fourth-order valence-electron chi connectivity index (χ4n) is 2.42. The molecule has 1 aromatic rings. The van der Waals surface area contributed by atoms with Crippen LogP contribution in [0.15, 0.2) is 35.7 Å². The average molecular weight is 376 g/mol. The van der Waals surface area contributed by atoms with E-state index in [1.807, 2.05) is 11.9 Å². The van der Waals surface area contributed by atoms with Crippen LogP contribution < -0.4 is 9.62 Å². The Morgan fingerprint density at radius 1 is 1.33 bits per heavy atom. The number of sulfonamides is 1. The number of hydrogen-bond donors (Lipinski definition) is 2. The summed E-state index contributed by atoms with van der Waals surface area (Å²) in [4.78, 5) is 15.3. The number of anilines is 1. The Bertz CT molecular complexity index is 701. The molecule has 24 heavy (non-hydrogen) atoms. The SMILES string of the molecule is C=CCNS(=O)(=O)c1cc(C(=O)O)ccc1N1CCN(C)CC1.Cl. The summed E-state index contributed by atoms with van der Waals surface area (Å²) in [5.41, 5.74) is 0.474. The van der Waals surface area contributed by atoms with Gasteiger partial charge in [-0.3, -0.25) is 0 Å². The van der Waals surface area contributed by atoms with Crippen LogP contribution >= 0.6 is 12.4 Å². The van der Waals surface area contributed by atoms with Gasteiger partial charge in [0.2, 0.25) is 10.0 Å². The zero-order chi connectivity index (χ0) is 17.0. The summed E-state index contributed by atoms with van der Waals surface area (Å²) in [6.45, 7) is 6.59. The van der Waals surface area contributed by atoms with Crippen LogP contribution in [0.4, 0.5) is 5.69 Å². The average Bonchev–Trinajstić information content (AvgIpc) is 2.53. The number of carbonyl (C=O) groups is 1. The third-order valence-electron chi connectivity index (χ3n) is 3.76. The molecule has 0 atom stereocenters. The van der Waals surface area contributed by atoms with Crippen LogP contribution in [0, 0.1) is 0 Å². The standard InChI is InChI=1S/C15H21N3O4S.ClH/c1-3-6-16-23(21,22)14-11-12(15(19)20)4-5-13(14)18-9-7-17(2)8-10-18;/h3-5,11,16H,1,6-10H2,2H3,(H,19,20);1H. The first-order valence-corrected chi connectivity index (χ1v) is 8.75. The minimum absolute atomic E-state index is 0. The number of nitrogens with one attached hydrogen (secondary N) is 1. The number of piperazine rings is 1. The van der Waals surface area contributed by atoms with E-state index < -0.39 is 16.0 Å². The van der Waals surface area contributed by atoms with Gasteiger partial charge in [-0.05, 0) is 25.2 Å². The predicted octanol–water partition coefficient (Wildman–Crippen LogP) is 1.02. The molecule has 2 N–H and O–H groups in total. The van der Waals surface area contributed by atoms with E-state index in [0.717, 1.165) is 13.1 Å². The van der Waals surface area contributed by atoms with Gasteiger partial charge in [-0.25, -0.2) is 17.9 Å². The lowest BCUT2D eigenvalue weighted by molar-refractivity contribution is 0.0696. The molecule has 1 fully saturated rings. The van der Waals surface area contributed by atoms with Crippen molar-refractivity contribution in [2.45, 2.75) is 4.90 Å². The maximum atomic E-state index is 12.5. The van der Waals surface area contributed by atoms with Crippen molar-refractivity contribution in [2.24, 2.45) is 0 Å². The first kappa shape index (κ1) is 20.4. The fraction of sp³-hybridized carbons (Fsp3) is 0.400. The van der Waals surface area contributed by atoms with E-state index in [0.29, 0.717) is 18.8 Å².